The highest BCUT2D eigenvalue weighted by Crippen LogP contribution is 2.24. The number of hydrogen-bond donors (Lipinski definition) is 1. The molecule has 0 spiro atoms. The fourth-order valence-electron chi connectivity index (χ4n) is 0.906. The van der Waals surface area contributed by atoms with Crippen molar-refractivity contribution in [1.29, 1.82) is 5.26 Å². The van der Waals surface area contributed by atoms with Crippen molar-refractivity contribution in [1.82, 2.24) is 4.98 Å². The highest BCUT2D eigenvalue weighted by molar-refractivity contribution is 6.30. The Labute approximate surface area is 95.8 Å². The molecule has 0 fully saturated rings. The minimum Gasteiger partial charge on any atom is -0.378 e. The van der Waals surface area contributed by atoms with Gasteiger partial charge in [0.1, 0.15) is 5.15 Å². The van der Waals surface area contributed by atoms with Crippen molar-refractivity contribution in [3.63, 3.8) is 0 Å². The standard InChI is InChI=1S/C9H5ClN4O2/c10-8-6(3-1-2-4-11)5-7(14(15)16)9(12)13-8/h5H,2H2,(H2,12,13). The van der Waals surface area contributed by atoms with E-state index in [1.165, 1.54) is 0 Å². The summed E-state index contributed by atoms with van der Waals surface area (Å²) in [5, 5.41) is 18.8. The van der Waals surface area contributed by atoms with Crippen LogP contribution in [0.2, 0.25) is 5.15 Å². The van der Waals surface area contributed by atoms with Crippen molar-refractivity contribution >= 4 is 23.1 Å². The van der Waals surface area contributed by atoms with Crippen molar-refractivity contribution in [3.8, 4) is 17.9 Å². The number of nitrogen functional groups attached to an aromatic ring is 1. The summed E-state index contributed by atoms with van der Waals surface area (Å²) < 4.78 is 0. The lowest BCUT2D eigenvalue weighted by Crippen LogP contribution is -2.00. The summed E-state index contributed by atoms with van der Waals surface area (Å²) >= 11 is 5.69. The summed E-state index contributed by atoms with van der Waals surface area (Å²) in [5.74, 6) is 4.73. The molecule has 0 saturated heterocycles. The molecule has 1 rings (SSSR count). The SMILES string of the molecule is N#CCC#Cc1cc([N+](=O)[O-])c(N)nc1Cl. The van der Waals surface area contributed by atoms with Crippen LogP contribution in [0, 0.1) is 33.3 Å². The van der Waals surface area contributed by atoms with Crippen molar-refractivity contribution < 1.29 is 4.92 Å². The first kappa shape index (κ1) is 11.8. The summed E-state index contributed by atoms with van der Waals surface area (Å²) in [6.07, 6.45) is 0.00844. The minimum atomic E-state index is -0.672. The largest absolute Gasteiger partial charge is 0.378 e. The molecule has 0 atom stereocenters. The van der Waals surface area contributed by atoms with Crippen LogP contribution < -0.4 is 5.73 Å². The van der Waals surface area contributed by atoms with Crippen LogP contribution in [-0.2, 0) is 0 Å². The van der Waals surface area contributed by atoms with E-state index >= 15 is 0 Å². The maximum absolute atomic E-state index is 10.6. The highest BCUT2D eigenvalue weighted by Gasteiger charge is 2.15. The van der Waals surface area contributed by atoms with Gasteiger partial charge in [-0.3, -0.25) is 10.1 Å². The fraction of sp³-hybridized carbons (Fsp3) is 0.111. The summed E-state index contributed by atoms with van der Waals surface area (Å²) in [6, 6.07) is 2.94. The van der Waals surface area contributed by atoms with E-state index in [0.29, 0.717) is 0 Å². The van der Waals surface area contributed by atoms with Gasteiger partial charge in [0.2, 0.25) is 5.82 Å². The van der Waals surface area contributed by atoms with Gasteiger partial charge in [-0.1, -0.05) is 23.4 Å². The molecule has 7 heteroatoms. The molecule has 2 N–H and O–H groups in total. The lowest BCUT2D eigenvalue weighted by atomic mass is 10.2. The van der Waals surface area contributed by atoms with E-state index in [4.69, 9.17) is 22.6 Å². The van der Waals surface area contributed by atoms with Gasteiger partial charge >= 0.3 is 5.69 Å². The van der Waals surface area contributed by atoms with Crippen LogP contribution in [0.5, 0.6) is 0 Å². The Balaban J connectivity index is 3.22. The molecule has 0 unspecified atom stereocenters. The molecule has 6 nitrogen and oxygen atoms in total. The Morgan fingerprint density at radius 2 is 2.38 bits per heavy atom. The zero-order chi connectivity index (χ0) is 12.1. The van der Waals surface area contributed by atoms with E-state index in [0.717, 1.165) is 6.07 Å². The monoisotopic (exact) mass is 236 g/mol. The van der Waals surface area contributed by atoms with Gasteiger partial charge in [-0.25, -0.2) is 4.98 Å². The third-order valence-electron chi connectivity index (χ3n) is 1.57. The van der Waals surface area contributed by atoms with Gasteiger partial charge in [0.05, 0.1) is 23.0 Å². The van der Waals surface area contributed by atoms with E-state index in [1.807, 2.05) is 6.07 Å². The molecule has 0 aliphatic rings. The van der Waals surface area contributed by atoms with E-state index in [2.05, 4.69) is 16.8 Å². The van der Waals surface area contributed by atoms with Crippen LogP contribution in [-0.4, -0.2) is 9.91 Å². The molecule has 0 aliphatic heterocycles. The fourth-order valence-corrected chi connectivity index (χ4v) is 1.10. The second kappa shape index (κ2) is 4.96. The lowest BCUT2D eigenvalue weighted by molar-refractivity contribution is -0.384. The van der Waals surface area contributed by atoms with Crippen LogP contribution in [0.3, 0.4) is 0 Å². The van der Waals surface area contributed by atoms with E-state index < -0.39 is 4.92 Å². The van der Waals surface area contributed by atoms with Gasteiger partial charge in [0.25, 0.3) is 0 Å². The number of nitrogens with two attached hydrogens (primary N) is 1. The average molecular weight is 237 g/mol. The van der Waals surface area contributed by atoms with Gasteiger partial charge in [0, 0.05) is 6.07 Å². The molecule has 0 aliphatic carbocycles. The zero-order valence-corrected chi connectivity index (χ0v) is 8.65. The number of nitrogens with zero attached hydrogens (tertiary/aromatic N) is 3. The van der Waals surface area contributed by atoms with Crippen LogP contribution >= 0.6 is 11.6 Å². The van der Waals surface area contributed by atoms with Gasteiger partial charge in [-0.05, 0) is 0 Å². The molecule has 0 bridgehead atoms. The Bertz CT molecular complexity index is 539. The van der Waals surface area contributed by atoms with E-state index in [9.17, 15) is 10.1 Å². The Kier molecular flexibility index (Phi) is 3.65. The molecule has 80 valence electrons. The molecule has 16 heavy (non-hydrogen) atoms. The predicted molar refractivity (Wildman–Crippen MR) is 57.4 cm³/mol. The lowest BCUT2D eigenvalue weighted by Gasteiger charge is -1.98. The molecular weight excluding hydrogens is 232 g/mol. The first-order valence-corrected chi connectivity index (χ1v) is 4.40. The Hall–Kier alpha value is -2.31. The second-order valence-electron chi connectivity index (χ2n) is 2.62. The average Bonchev–Trinajstić information content (AvgIpc) is 2.21. The highest BCUT2D eigenvalue weighted by atomic mass is 35.5. The topological polar surface area (TPSA) is 106 Å². The summed E-state index contributed by atoms with van der Waals surface area (Å²) in [5.41, 5.74) is 5.13. The van der Waals surface area contributed by atoms with E-state index in [-0.39, 0.29) is 28.6 Å². The molecule has 1 aromatic heterocycles. The quantitative estimate of drug-likeness (QED) is 0.344. The van der Waals surface area contributed by atoms with Crippen molar-refractivity contribution in [3.05, 3.63) is 26.9 Å². The van der Waals surface area contributed by atoms with Gasteiger partial charge < -0.3 is 5.73 Å². The summed E-state index contributed by atoms with van der Waals surface area (Å²) in [4.78, 5) is 13.5. The molecule has 1 heterocycles. The van der Waals surface area contributed by atoms with Crippen LogP contribution in [0.1, 0.15) is 12.0 Å². The molecule has 0 saturated carbocycles. The predicted octanol–water partition coefficient (Wildman–Crippen LogP) is 1.49. The summed E-state index contributed by atoms with van der Waals surface area (Å²) in [7, 11) is 0. The number of hydrogen-bond acceptors (Lipinski definition) is 5. The molecule has 0 radical (unpaired) electrons. The van der Waals surface area contributed by atoms with Crippen LogP contribution in [0.15, 0.2) is 6.07 Å². The first-order chi connectivity index (χ1) is 7.56. The number of nitro groups is 1. The first-order valence-electron chi connectivity index (χ1n) is 4.02. The Morgan fingerprint density at radius 1 is 1.69 bits per heavy atom. The zero-order valence-electron chi connectivity index (χ0n) is 7.90. The molecule has 0 aromatic carbocycles. The number of aromatic nitrogens is 1. The number of pyridine rings is 1. The maximum Gasteiger partial charge on any atom is 0.312 e. The second-order valence-corrected chi connectivity index (χ2v) is 2.98. The number of anilines is 1. The van der Waals surface area contributed by atoms with Crippen LogP contribution in [0.4, 0.5) is 11.5 Å². The van der Waals surface area contributed by atoms with Gasteiger partial charge in [0.15, 0.2) is 0 Å². The number of halogens is 1. The van der Waals surface area contributed by atoms with Gasteiger partial charge in [-0.15, -0.1) is 0 Å². The number of nitriles is 1. The minimum absolute atomic E-state index is 0.00844. The number of rotatable bonds is 1. The van der Waals surface area contributed by atoms with E-state index in [1.54, 1.807) is 0 Å². The third kappa shape index (κ3) is 2.59. The van der Waals surface area contributed by atoms with Crippen LogP contribution in [0.25, 0.3) is 0 Å². The van der Waals surface area contributed by atoms with Gasteiger partial charge in [-0.2, -0.15) is 5.26 Å². The normalized spacial score (nSPS) is 8.75. The molecule has 0 amide bonds. The Morgan fingerprint density at radius 3 is 2.94 bits per heavy atom. The summed E-state index contributed by atoms with van der Waals surface area (Å²) in [6.45, 7) is 0. The third-order valence-corrected chi connectivity index (χ3v) is 1.86. The van der Waals surface area contributed by atoms with Crippen molar-refractivity contribution in [2.45, 2.75) is 6.42 Å². The molecular formula is C9H5ClN4O2. The van der Waals surface area contributed by atoms with Crippen molar-refractivity contribution in [2.24, 2.45) is 0 Å². The smallest absolute Gasteiger partial charge is 0.312 e. The molecule has 1 aromatic rings. The van der Waals surface area contributed by atoms with Crippen molar-refractivity contribution in [2.75, 3.05) is 5.73 Å². The maximum atomic E-state index is 10.6.